The standard InChI is InChI=1S/C29H25BrN2O4S/c1-2-35-29(34)22-12-10-20(11-13-22)18-36-26-15-14-24(30)16-23(26)17-31-32-28(33)19-37-27-9-5-7-21-6-3-4-8-25(21)27/h3-17H,2,18-19H2,1H3,(H,32,33). The third-order valence-corrected chi connectivity index (χ3v) is 6.90. The van der Waals surface area contributed by atoms with Crippen molar-refractivity contribution in [1.29, 1.82) is 0 Å². The molecule has 0 aliphatic carbocycles. The minimum Gasteiger partial charge on any atom is -0.488 e. The van der Waals surface area contributed by atoms with Gasteiger partial charge in [0.2, 0.25) is 5.91 Å². The van der Waals surface area contributed by atoms with Gasteiger partial charge in [0, 0.05) is 14.9 Å². The molecule has 188 valence electrons. The van der Waals surface area contributed by atoms with Crippen molar-refractivity contribution in [3.05, 3.63) is 106 Å². The van der Waals surface area contributed by atoms with E-state index in [0.717, 1.165) is 25.7 Å². The van der Waals surface area contributed by atoms with Gasteiger partial charge in [0.05, 0.1) is 24.1 Å². The molecule has 1 amide bonds. The second-order valence-corrected chi connectivity index (χ2v) is 9.88. The number of benzene rings is 4. The largest absolute Gasteiger partial charge is 0.488 e. The highest BCUT2D eigenvalue weighted by Gasteiger charge is 2.08. The Morgan fingerprint density at radius 3 is 2.59 bits per heavy atom. The number of hydrogen-bond acceptors (Lipinski definition) is 6. The number of esters is 1. The quantitative estimate of drug-likeness (QED) is 0.0995. The Kier molecular flexibility index (Phi) is 9.35. The van der Waals surface area contributed by atoms with Crippen molar-refractivity contribution < 1.29 is 19.1 Å². The lowest BCUT2D eigenvalue weighted by Gasteiger charge is -2.10. The summed E-state index contributed by atoms with van der Waals surface area (Å²) in [6.07, 6.45) is 1.56. The maximum Gasteiger partial charge on any atom is 0.338 e. The number of carbonyl (C=O) groups is 2. The fourth-order valence-corrected chi connectivity index (χ4v) is 4.78. The van der Waals surface area contributed by atoms with Crippen LogP contribution in [0.2, 0.25) is 0 Å². The number of carbonyl (C=O) groups excluding carboxylic acids is 2. The number of nitrogens with zero attached hydrogens (tertiary/aromatic N) is 1. The van der Waals surface area contributed by atoms with Gasteiger partial charge in [-0.3, -0.25) is 4.79 Å². The van der Waals surface area contributed by atoms with Gasteiger partial charge < -0.3 is 9.47 Å². The van der Waals surface area contributed by atoms with E-state index in [9.17, 15) is 9.59 Å². The van der Waals surface area contributed by atoms with Gasteiger partial charge in [0.1, 0.15) is 12.4 Å². The van der Waals surface area contributed by atoms with E-state index in [0.29, 0.717) is 30.1 Å². The number of ether oxygens (including phenoxy) is 2. The molecule has 4 aromatic rings. The average molecular weight is 578 g/mol. The summed E-state index contributed by atoms with van der Waals surface area (Å²) in [6.45, 7) is 2.41. The van der Waals surface area contributed by atoms with E-state index >= 15 is 0 Å². The van der Waals surface area contributed by atoms with Gasteiger partial charge in [-0.2, -0.15) is 5.10 Å². The van der Waals surface area contributed by atoms with Crippen LogP contribution in [0.25, 0.3) is 10.8 Å². The molecule has 0 aliphatic heterocycles. The predicted molar refractivity (Wildman–Crippen MR) is 151 cm³/mol. The van der Waals surface area contributed by atoms with Gasteiger partial charge in [-0.15, -0.1) is 11.8 Å². The molecule has 0 unspecified atom stereocenters. The SMILES string of the molecule is CCOC(=O)c1ccc(COc2ccc(Br)cc2C=NNC(=O)CSc2cccc3ccccc23)cc1. The van der Waals surface area contributed by atoms with Crippen LogP contribution in [-0.2, 0) is 16.1 Å². The highest BCUT2D eigenvalue weighted by Crippen LogP contribution is 2.27. The molecule has 0 spiro atoms. The van der Waals surface area contributed by atoms with Crippen molar-refractivity contribution in [2.45, 2.75) is 18.4 Å². The lowest BCUT2D eigenvalue weighted by Crippen LogP contribution is -2.19. The van der Waals surface area contributed by atoms with E-state index in [1.807, 2.05) is 54.6 Å². The Morgan fingerprint density at radius 1 is 1.00 bits per heavy atom. The number of thioether (sulfide) groups is 1. The smallest absolute Gasteiger partial charge is 0.338 e. The zero-order valence-electron chi connectivity index (χ0n) is 20.1. The van der Waals surface area contributed by atoms with Crippen LogP contribution in [0.1, 0.15) is 28.4 Å². The Balaban J connectivity index is 1.34. The molecule has 0 aliphatic rings. The second-order valence-electron chi connectivity index (χ2n) is 7.95. The van der Waals surface area contributed by atoms with Crippen LogP contribution in [0.15, 0.2) is 99.4 Å². The normalized spacial score (nSPS) is 11.0. The average Bonchev–Trinajstić information content (AvgIpc) is 2.92. The molecule has 0 saturated carbocycles. The van der Waals surface area contributed by atoms with Crippen molar-refractivity contribution in [2.75, 3.05) is 12.4 Å². The molecule has 37 heavy (non-hydrogen) atoms. The maximum atomic E-state index is 12.4. The Labute approximate surface area is 228 Å². The number of fused-ring (bicyclic) bond motifs is 1. The summed E-state index contributed by atoms with van der Waals surface area (Å²) in [5, 5.41) is 6.40. The van der Waals surface area contributed by atoms with Crippen LogP contribution in [-0.4, -0.2) is 30.5 Å². The summed E-state index contributed by atoms with van der Waals surface area (Å²) < 4.78 is 11.9. The zero-order chi connectivity index (χ0) is 26.0. The Hall–Kier alpha value is -3.62. The van der Waals surface area contributed by atoms with E-state index in [-0.39, 0.29) is 17.6 Å². The van der Waals surface area contributed by atoms with E-state index in [1.165, 1.54) is 11.8 Å². The molecule has 0 saturated heterocycles. The van der Waals surface area contributed by atoms with Crippen LogP contribution in [0.3, 0.4) is 0 Å². The molecule has 0 atom stereocenters. The van der Waals surface area contributed by atoms with Crippen molar-refractivity contribution in [3.8, 4) is 5.75 Å². The number of halogens is 1. The molecule has 0 radical (unpaired) electrons. The van der Waals surface area contributed by atoms with E-state index in [1.54, 1.807) is 25.3 Å². The first-order valence-electron chi connectivity index (χ1n) is 11.6. The zero-order valence-corrected chi connectivity index (χ0v) is 22.6. The molecule has 4 aromatic carbocycles. The summed E-state index contributed by atoms with van der Waals surface area (Å²) in [6, 6.07) is 26.8. The van der Waals surface area contributed by atoms with Crippen molar-refractivity contribution in [3.63, 3.8) is 0 Å². The molecule has 4 rings (SSSR count). The van der Waals surface area contributed by atoms with Crippen LogP contribution in [0, 0.1) is 0 Å². The second kappa shape index (κ2) is 13.1. The summed E-state index contributed by atoms with van der Waals surface area (Å²) >= 11 is 4.94. The van der Waals surface area contributed by atoms with Crippen molar-refractivity contribution in [2.24, 2.45) is 5.10 Å². The van der Waals surface area contributed by atoms with E-state index in [4.69, 9.17) is 9.47 Å². The van der Waals surface area contributed by atoms with Gasteiger partial charge in [-0.05, 0) is 59.7 Å². The molecule has 8 heteroatoms. The topological polar surface area (TPSA) is 77.0 Å². The van der Waals surface area contributed by atoms with Gasteiger partial charge in [-0.25, -0.2) is 10.2 Å². The van der Waals surface area contributed by atoms with Gasteiger partial charge in [0.25, 0.3) is 0 Å². The van der Waals surface area contributed by atoms with Crippen LogP contribution in [0.5, 0.6) is 5.75 Å². The fraction of sp³-hybridized carbons (Fsp3) is 0.138. The van der Waals surface area contributed by atoms with Crippen LogP contribution >= 0.6 is 27.7 Å². The highest BCUT2D eigenvalue weighted by molar-refractivity contribution is 9.10. The number of rotatable bonds is 10. The predicted octanol–water partition coefficient (Wildman–Crippen LogP) is 6.60. The molecule has 0 aromatic heterocycles. The first kappa shape index (κ1) is 26.4. The third-order valence-electron chi connectivity index (χ3n) is 5.33. The molecular formula is C29H25BrN2O4S. The molecule has 6 nitrogen and oxygen atoms in total. The lowest BCUT2D eigenvalue weighted by molar-refractivity contribution is -0.118. The number of hydrazone groups is 1. The first-order chi connectivity index (χ1) is 18.0. The molecule has 0 bridgehead atoms. The van der Waals surface area contributed by atoms with Crippen molar-refractivity contribution in [1.82, 2.24) is 5.43 Å². The van der Waals surface area contributed by atoms with E-state index < -0.39 is 0 Å². The van der Waals surface area contributed by atoms with Gasteiger partial charge in [0.15, 0.2) is 0 Å². The number of nitrogens with one attached hydrogen (secondary N) is 1. The van der Waals surface area contributed by atoms with E-state index in [2.05, 4.69) is 44.7 Å². The number of amides is 1. The molecule has 1 N–H and O–H groups in total. The summed E-state index contributed by atoms with van der Waals surface area (Å²) in [7, 11) is 0. The van der Waals surface area contributed by atoms with Gasteiger partial charge in [-0.1, -0.05) is 64.5 Å². The summed E-state index contributed by atoms with van der Waals surface area (Å²) in [4.78, 5) is 25.3. The maximum absolute atomic E-state index is 12.4. The minimum atomic E-state index is -0.348. The lowest BCUT2D eigenvalue weighted by atomic mass is 10.1. The highest BCUT2D eigenvalue weighted by atomic mass is 79.9. The third kappa shape index (κ3) is 7.44. The molecule has 0 heterocycles. The summed E-state index contributed by atoms with van der Waals surface area (Å²) in [5.74, 6) is 0.308. The minimum absolute atomic E-state index is 0.201. The Bertz CT molecular complexity index is 1420. The van der Waals surface area contributed by atoms with Crippen LogP contribution in [0.4, 0.5) is 0 Å². The monoisotopic (exact) mass is 576 g/mol. The number of hydrogen-bond donors (Lipinski definition) is 1. The Morgan fingerprint density at radius 2 is 1.78 bits per heavy atom. The van der Waals surface area contributed by atoms with Gasteiger partial charge >= 0.3 is 5.97 Å². The fourth-order valence-electron chi connectivity index (χ4n) is 3.54. The van der Waals surface area contributed by atoms with Crippen molar-refractivity contribution >= 4 is 56.6 Å². The van der Waals surface area contributed by atoms with Crippen LogP contribution < -0.4 is 10.2 Å². The summed E-state index contributed by atoms with van der Waals surface area (Å²) in [5.41, 5.74) is 4.70. The molecule has 0 fully saturated rings. The first-order valence-corrected chi connectivity index (χ1v) is 13.4. The molecular weight excluding hydrogens is 552 g/mol.